The average Bonchev–Trinajstić information content (AvgIpc) is 3.57. The molecule has 0 aromatic heterocycles. The van der Waals surface area contributed by atoms with Crippen LogP contribution in [0.5, 0.6) is 0 Å². The number of amides is 3. The first kappa shape index (κ1) is 20.6. The Hall–Kier alpha value is -3.15. The fourth-order valence-electron chi connectivity index (χ4n) is 3.00. The van der Waals surface area contributed by atoms with Crippen LogP contribution in [0.1, 0.15) is 43.5 Å². The van der Waals surface area contributed by atoms with Crippen LogP contribution in [0, 0.1) is 11.8 Å². The molecule has 1 fully saturated rings. The summed E-state index contributed by atoms with van der Waals surface area (Å²) in [5.41, 5.74) is 1.73. The second-order valence-corrected chi connectivity index (χ2v) is 7.54. The molecule has 1 saturated carbocycles. The quantitative estimate of drug-likeness (QED) is 0.637. The molecule has 1 aliphatic rings. The van der Waals surface area contributed by atoms with Crippen molar-refractivity contribution in [1.82, 2.24) is 5.32 Å². The summed E-state index contributed by atoms with van der Waals surface area (Å²) in [6, 6.07) is 15.2. The van der Waals surface area contributed by atoms with Crippen LogP contribution in [0.3, 0.4) is 0 Å². The molecule has 0 bridgehead atoms. The highest BCUT2D eigenvalue weighted by Crippen LogP contribution is 2.30. The van der Waals surface area contributed by atoms with Crippen molar-refractivity contribution in [2.45, 2.75) is 39.2 Å². The van der Waals surface area contributed by atoms with Gasteiger partial charge in [-0.1, -0.05) is 44.5 Å². The van der Waals surface area contributed by atoms with Gasteiger partial charge in [0, 0.05) is 22.9 Å². The van der Waals surface area contributed by atoms with E-state index in [1.807, 2.05) is 19.9 Å². The Morgan fingerprint density at radius 3 is 2.24 bits per heavy atom. The van der Waals surface area contributed by atoms with Gasteiger partial charge in [-0.25, -0.2) is 0 Å². The van der Waals surface area contributed by atoms with Gasteiger partial charge in [0.1, 0.15) is 6.04 Å². The van der Waals surface area contributed by atoms with Crippen molar-refractivity contribution < 1.29 is 14.4 Å². The van der Waals surface area contributed by atoms with E-state index in [0.29, 0.717) is 16.9 Å². The van der Waals surface area contributed by atoms with E-state index in [1.165, 1.54) is 0 Å². The van der Waals surface area contributed by atoms with Gasteiger partial charge in [-0.05, 0) is 49.1 Å². The lowest BCUT2D eigenvalue weighted by atomic mass is 9.97. The average molecular weight is 393 g/mol. The van der Waals surface area contributed by atoms with Crippen molar-refractivity contribution in [2.24, 2.45) is 11.8 Å². The van der Waals surface area contributed by atoms with Gasteiger partial charge in [-0.3, -0.25) is 14.4 Å². The summed E-state index contributed by atoms with van der Waals surface area (Å²) in [7, 11) is 0. The van der Waals surface area contributed by atoms with E-state index in [-0.39, 0.29) is 29.6 Å². The highest BCUT2D eigenvalue weighted by atomic mass is 16.2. The monoisotopic (exact) mass is 393 g/mol. The predicted octanol–water partition coefficient (Wildman–Crippen LogP) is 3.82. The van der Waals surface area contributed by atoms with Gasteiger partial charge >= 0.3 is 0 Å². The first-order chi connectivity index (χ1) is 14.0. The third-order valence-electron chi connectivity index (χ3n) is 5.16. The summed E-state index contributed by atoms with van der Waals surface area (Å²) in [6.07, 6.45) is 2.60. The van der Waals surface area contributed by atoms with Crippen LogP contribution in [0.25, 0.3) is 0 Å². The van der Waals surface area contributed by atoms with Crippen molar-refractivity contribution in [2.75, 3.05) is 10.6 Å². The third kappa shape index (κ3) is 5.67. The summed E-state index contributed by atoms with van der Waals surface area (Å²) in [5.74, 6) is -0.483. The Bertz CT molecular complexity index is 878. The van der Waals surface area contributed by atoms with Crippen LogP contribution in [-0.4, -0.2) is 23.8 Å². The second kappa shape index (κ2) is 9.37. The van der Waals surface area contributed by atoms with Crippen molar-refractivity contribution in [3.8, 4) is 0 Å². The van der Waals surface area contributed by atoms with E-state index >= 15 is 0 Å². The minimum atomic E-state index is -0.669. The third-order valence-corrected chi connectivity index (χ3v) is 5.16. The number of hydrogen-bond acceptors (Lipinski definition) is 3. The largest absolute Gasteiger partial charge is 0.340 e. The zero-order valence-electron chi connectivity index (χ0n) is 16.8. The predicted molar refractivity (Wildman–Crippen MR) is 114 cm³/mol. The van der Waals surface area contributed by atoms with E-state index in [4.69, 9.17) is 0 Å². The fraction of sp³-hybridized carbons (Fsp3) is 0.348. The summed E-state index contributed by atoms with van der Waals surface area (Å²) in [6.45, 7) is 3.91. The SMILES string of the molecule is CCC(C)C(NC(=O)c1ccccc1)C(=O)Nc1cccc(NC(=O)C2CC2)c1. The maximum absolute atomic E-state index is 12.9. The van der Waals surface area contributed by atoms with Gasteiger partial charge in [-0.2, -0.15) is 0 Å². The zero-order valence-corrected chi connectivity index (χ0v) is 16.8. The van der Waals surface area contributed by atoms with E-state index in [2.05, 4.69) is 16.0 Å². The summed E-state index contributed by atoms with van der Waals surface area (Å²) < 4.78 is 0. The smallest absolute Gasteiger partial charge is 0.251 e. The van der Waals surface area contributed by atoms with Gasteiger partial charge in [0.05, 0.1) is 0 Å². The van der Waals surface area contributed by atoms with Crippen molar-refractivity contribution in [3.05, 3.63) is 60.2 Å². The first-order valence-corrected chi connectivity index (χ1v) is 10.1. The van der Waals surface area contributed by atoms with E-state index in [1.54, 1.807) is 48.5 Å². The number of nitrogens with one attached hydrogen (secondary N) is 3. The fourth-order valence-corrected chi connectivity index (χ4v) is 3.00. The van der Waals surface area contributed by atoms with Gasteiger partial charge in [0.25, 0.3) is 5.91 Å². The summed E-state index contributed by atoms with van der Waals surface area (Å²) in [4.78, 5) is 37.4. The van der Waals surface area contributed by atoms with Crippen molar-refractivity contribution in [3.63, 3.8) is 0 Å². The molecule has 152 valence electrons. The highest BCUT2D eigenvalue weighted by Gasteiger charge is 2.30. The molecule has 0 heterocycles. The van der Waals surface area contributed by atoms with Crippen LogP contribution in [0.2, 0.25) is 0 Å². The van der Waals surface area contributed by atoms with Crippen LogP contribution in [0.4, 0.5) is 11.4 Å². The Morgan fingerprint density at radius 1 is 0.966 bits per heavy atom. The molecule has 2 aromatic rings. The molecular formula is C23H27N3O3. The molecule has 2 aromatic carbocycles. The minimum absolute atomic E-state index is 0.0149. The van der Waals surface area contributed by atoms with Crippen molar-refractivity contribution >= 4 is 29.1 Å². The molecule has 29 heavy (non-hydrogen) atoms. The standard InChI is InChI=1S/C23H27N3O3/c1-3-15(2)20(26-22(28)16-8-5-4-6-9-16)23(29)25-19-11-7-10-18(14-19)24-21(27)17-12-13-17/h4-11,14-15,17,20H,3,12-13H2,1-2H3,(H,24,27)(H,25,29)(H,26,28). The molecule has 3 amide bonds. The molecule has 2 atom stereocenters. The molecule has 0 radical (unpaired) electrons. The maximum atomic E-state index is 12.9. The highest BCUT2D eigenvalue weighted by molar-refractivity contribution is 6.02. The Morgan fingerprint density at radius 2 is 1.62 bits per heavy atom. The van der Waals surface area contributed by atoms with Crippen LogP contribution in [-0.2, 0) is 9.59 Å². The number of anilines is 2. The molecule has 6 nitrogen and oxygen atoms in total. The van der Waals surface area contributed by atoms with E-state index < -0.39 is 6.04 Å². The molecule has 2 unspecified atom stereocenters. The Balaban J connectivity index is 1.68. The molecule has 0 aliphatic heterocycles. The van der Waals surface area contributed by atoms with Crippen LogP contribution < -0.4 is 16.0 Å². The van der Waals surface area contributed by atoms with Crippen LogP contribution >= 0.6 is 0 Å². The van der Waals surface area contributed by atoms with E-state index in [0.717, 1.165) is 19.3 Å². The molecule has 0 saturated heterocycles. The molecule has 0 spiro atoms. The number of benzene rings is 2. The lowest BCUT2D eigenvalue weighted by Crippen LogP contribution is -2.47. The zero-order chi connectivity index (χ0) is 20.8. The topological polar surface area (TPSA) is 87.3 Å². The number of carbonyl (C=O) groups excluding carboxylic acids is 3. The summed E-state index contributed by atoms with van der Waals surface area (Å²) >= 11 is 0. The van der Waals surface area contributed by atoms with Gasteiger partial charge in [0.15, 0.2) is 0 Å². The van der Waals surface area contributed by atoms with Gasteiger partial charge < -0.3 is 16.0 Å². The lowest BCUT2D eigenvalue weighted by molar-refractivity contribution is -0.119. The van der Waals surface area contributed by atoms with Crippen molar-refractivity contribution in [1.29, 1.82) is 0 Å². The van der Waals surface area contributed by atoms with Crippen LogP contribution in [0.15, 0.2) is 54.6 Å². The molecule has 3 rings (SSSR count). The number of hydrogen-bond donors (Lipinski definition) is 3. The molecule has 1 aliphatic carbocycles. The summed E-state index contributed by atoms with van der Waals surface area (Å²) in [5, 5.41) is 8.60. The maximum Gasteiger partial charge on any atom is 0.251 e. The normalized spacial score (nSPS) is 15.1. The van der Waals surface area contributed by atoms with Gasteiger partial charge in [-0.15, -0.1) is 0 Å². The lowest BCUT2D eigenvalue weighted by Gasteiger charge is -2.23. The number of rotatable bonds is 8. The molecule has 3 N–H and O–H groups in total. The van der Waals surface area contributed by atoms with Gasteiger partial charge in [0.2, 0.25) is 11.8 Å². The molecular weight excluding hydrogens is 366 g/mol. The number of carbonyl (C=O) groups is 3. The first-order valence-electron chi connectivity index (χ1n) is 10.1. The Labute approximate surface area is 171 Å². The Kier molecular flexibility index (Phi) is 6.65. The van der Waals surface area contributed by atoms with E-state index in [9.17, 15) is 14.4 Å². The minimum Gasteiger partial charge on any atom is -0.340 e. The molecule has 6 heteroatoms. The second-order valence-electron chi connectivity index (χ2n) is 7.54.